The number of anilines is 2. The van der Waals surface area contributed by atoms with Crippen molar-refractivity contribution in [3.05, 3.63) is 48.5 Å². The van der Waals surface area contributed by atoms with Crippen molar-refractivity contribution in [1.82, 2.24) is 9.55 Å². The average molecular weight is 350 g/mol. The number of carbonyl (C=O) groups excluding carboxylic acids is 2. The Kier molecular flexibility index (Phi) is 4.04. The summed E-state index contributed by atoms with van der Waals surface area (Å²) >= 11 is 0. The first-order valence-corrected chi connectivity index (χ1v) is 8.46. The van der Waals surface area contributed by atoms with E-state index in [1.165, 1.54) is 4.57 Å². The van der Waals surface area contributed by atoms with Crippen LogP contribution in [0.4, 0.5) is 11.6 Å². The van der Waals surface area contributed by atoms with Gasteiger partial charge in [-0.3, -0.25) is 9.59 Å². The van der Waals surface area contributed by atoms with Gasteiger partial charge in [-0.1, -0.05) is 12.1 Å². The van der Waals surface area contributed by atoms with Crippen LogP contribution in [0.1, 0.15) is 18.1 Å². The highest BCUT2D eigenvalue weighted by Gasteiger charge is 2.31. The van der Waals surface area contributed by atoms with E-state index in [2.05, 4.69) is 15.6 Å². The first-order chi connectivity index (χ1) is 12.7. The van der Waals surface area contributed by atoms with Crippen LogP contribution in [0, 0.1) is 0 Å². The van der Waals surface area contributed by atoms with Gasteiger partial charge in [0, 0.05) is 5.69 Å². The summed E-state index contributed by atoms with van der Waals surface area (Å²) in [6.45, 7) is 2.50. The second-order valence-electron chi connectivity index (χ2n) is 6.00. The van der Waals surface area contributed by atoms with E-state index in [4.69, 9.17) is 4.74 Å². The molecule has 7 heteroatoms. The largest absolute Gasteiger partial charge is 0.494 e. The zero-order chi connectivity index (χ0) is 18.1. The molecule has 0 radical (unpaired) electrons. The summed E-state index contributed by atoms with van der Waals surface area (Å²) < 4.78 is 6.91. The molecule has 2 N–H and O–H groups in total. The molecule has 0 fully saturated rings. The number of para-hydroxylation sites is 2. The van der Waals surface area contributed by atoms with E-state index in [0.717, 1.165) is 16.8 Å². The minimum atomic E-state index is -0.668. The third kappa shape index (κ3) is 2.88. The molecule has 0 spiro atoms. The predicted octanol–water partition coefficient (Wildman–Crippen LogP) is 2.90. The molecule has 1 atom stereocenters. The second kappa shape index (κ2) is 6.51. The highest BCUT2D eigenvalue weighted by atomic mass is 16.5. The Morgan fingerprint density at radius 2 is 2.04 bits per heavy atom. The lowest BCUT2D eigenvalue weighted by Gasteiger charge is -2.23. The molecule has 132 valence electrons. The van der Waals surface area contributed by atoms with Crippen LogP contribution < -0.4 is 15.4 Å². The van der Waals surface area contributed by atoms with Gasteiger partial charge in [-0.15, -0.1) is 0 Å². The monoisotopic (exact) mass is 350 g/mol. The zero-order valence-electron chi connectivity index (χ0n) is 14.2. The van der Waals surface area contributed by atoms with Gasteiger partial charge in [0.2, 0.25) is 17.8 Å². The number of amides is 1. The highest BCUT2D eigenvalue weighted by molar-refractivity contribution is 6.04. The van der Waals surface area contributed by atoms with Crippen LogP contribution in [0.3, 0.4) is 0 Å². The predicted molar refractivity (Wildman–Crippen MR) is 98.6 cm³/mol. The maximum atomic E-state index is 12.6. The molecule has 1 aliphatic heterocycles. The summed E-state index contributed by atoms with van der Waals surface area (Å²) in [6, 6.07) is 13.8. The molecule has 7 nitrogen and oxygen atoms in total. The first-order valence-electron chi connectivity index (χ1n) is 8.46. The Balaban J connectivity index is 1.52. The van der Waals surface area contributed by atoms with E-state index < -0.39 is 6.04 Å². The number of hydrogen-bond donors (Lipinski definition) is 2. The van der Waals surface area contributed by atoms with Crippen LogP contribution in [-0.4, -0.2) is 34.0 Å². The smallest absolute Gasteiger partial charge is 0.247 e. The van der Waals surface area contributed by atoms with Gasteiger partial charge in [0.25, 0.3) is 0 Å². The fourth-order valence-electron chi connectivity index (χ4n) is 3.04. The summed E-state index contributed by atoms with van der Waals surface area (Å²) in [5.41, 5.74) is 2.10. The summed E-state index contributed by atoms with van der Waals surface area (Å²) in [7, 11) is 0. The Morgan fingerprint density at radius 3 is 2.81 bits per heavy atom. The van der Waals surface area contributed by atoms with Crippen molar-refractivity contribution >= 4 is 34.5 Å². The van der Waals surface area contributed by atoms with Crippen LogP contribution in [0.15, 0.2) is 48.5 Å². The minimum absolute atomic E-state index is 0.0657. The zero-order valence-corrected chi connectivity index (χ0v) is 14.2. The molecule has 0 saturated heterocycles. The lowest BCUT2D eigenvalue weighted by molar-refractivity contribution is -0.117. The molecule has 4 rings (SSSR count). The SMILES string of the molecule is CCOc1ccc(NC(=O)[C@@H]2CC(=O)n3c(nc4ccccc43)N2)cc1. The van der Waals surface area contributed by atoms with E-state index >= 15 is 0 Å². The van der Waals surface area contributed by atoms with E-state index in [1.54, 1.807) is 24.3 Å². The lowest BCUT2D eigenvalue weighted by atomic mass is 10.1. The van der Waals surface area contributed by atoms with Gasteiger partial charge in [0.05, 0.1) is 24.1 Å². The number of nitrogens with zero attached hydrogens (tertiary/aromatic N) is 2. The number of aromatic nitrogens is 2. The summed E-state index contributed by atoms with van der Waals surface area (Å²) in [6.07, 6.45) is 0.0657. The molecule has 1 aliphatic rings. The number of carbonyl (C=O) groups is 2. The Hall–Kier alpha value is -3.35. The third-order valence-corrected chi connectivity index (χ3v) is 4.24. The summed E-state index contributed by atoms with van der Waals surface area (Å²) in [5.74, 6) is 0.708. The molecule has 0 aliphatic carbocycles. The van der Waals surface area contributed by atoms with Crippen molar-refractivity contribution in [3.63, 3.8) is 0 Å². The Labute approximate surface area is 150 Å². The van der Waals surface area contributed by atoms with E-state index in [9.17, 15) is 9.59 Å². The van der Waals surface area contributed by atoms with Gasteiger partial charge < -0.3 is 15.4 Å². The van der Waals surface area contributed by atoms with Gasteiger partial charge >= 0.3 is 0 Å². The topological polar surface area (TPSA) is 85.2 Å². The second-order valence-corrected chi connectivity index (χ2v) is 6.00. The molecular formula is C19H18N4O3. The van der Waals surface area contributed by atoms with Gasteiger partial charge in [0.15, 0.2) is 0 Å². The fourth-order valence-corrected chi connectivity index (χ4v) is 3.04. The molecule has 0 bridgehead atoms. The number of ether oxygens (including phenoxy) is 1. The molecule has 1 aromatic heterocycles. The Morgan fingerprint density at radius 1 is 1.27 bits per heavy atom. The maximum Gasteiger partial charge on any atom is 0.247 e. The first kappa shape index (κ1) is 16.1. The van der Waals surface area contributed by atoms with Crippen LogP contribution in [-0.2, 0) is 4.79 Å². The van der Waals surface area contributed by atoms with E-state index in [-0.39, 0.29) is 18.2 Å². The molecule has 3 aromatic rings. The van der Waals surface area contributed by atoms with E-state index in [0.29, 0.717) is 18.2 Å². The minimum Gasteiger partial charge on any atom is -0.494 e. The van der Waals surface area contributed by atoms with Gasteiger partial charge in [-0.25, -0.2) is 9.55 Å². The van der Waals surface area contributed by atoms with Gasteiger partial charge in [-0.2, -0.15) is 0 Å². The quantitative estimate of drug-likeness (QED) is 0.756. The van der Waals surface area contributed by atoms with Crippen molar-refractivity contribution < 1.29 is 14.3 Å². The number of hydrogen-bond acceptors (Lipinski definition) is 5. The molecule has 1 amide bonds. The van der Waals surface area contributed by atoms with Crippen LogP contribution in [0.25, 0.3) is 11.0 Å². The normalized spacial score (nSPS) is 16.0. The molecule has 0 saturated carbocycles. The fraction of sp³-hybridized carbons (Fsp3) is 0.211. The number of nitrogens with one attached hydrogen (secondary N) is 2. The van der Waals surface area contributed by atoms with Crippen molar-refractivity contribution in [2.75, 3.05) is 17.2 Å². The van der Waals surface area contributed by atoms with Gasteiger partial charge in [-0.05, 0) is 43.3 Å². The number of fused-ring (bicyclic) bond motifs is 3. The molecule has 2 aromatic carbocycles. The highest BCUT2D eigenvalue weighted by Crippen LogP contribution is 2.25. The van der Waals surface area contributed by atoms with Crippen LogP contribution in [0.5, 0.6) is 5.75 Å². The van der Waals surface area contributed by atoms with Crippen molar-refractivity contribution in [3.8, 4) is 5.75 Å². The summed E-state index contributed by atoms with van der Waals surface area (Å²) in [5, 5.41) is 5.88. The third-order valence-electron chi connectivity index (χ3n) is 4.24. The maximum absolute atomic E-state index is 12.6. The van der Waals surface area contributed by atoms with Crippen molar-refractivity contribution in [1.29, 1.82) is 0 Å². The summed E-state index contributed by atoms with van der Waals surface area (Å²) in [4.78, 5) is 29.5. The molecule has 2 heterocycles. The molecule has 26 heavy (non-hydrogen) atoms. The van der Waals surface area contributed by atoms with Crippen molar-refractivity contribution in [2.24, 2.45) is 0 Å². The Bertz CT molecular complexity index is 978. The number of imidazole rings is 1. The van der Waals surface area contributed by atoms with Crippen LogP contribution >= 0.6 is 0 Å². The lowest BCUT2D eigenvalue weighted by Crippen LogP contribution is -2.42. The van der Waals surface area contributed by atoms with Crippen LogP contribution in [0.2, 0.25) is 0 Å². The van der Waals surface area contributed by atoms with E-state index in [1.807, 2.05) is 31.2 Å². The molecule has 0 unspecified atom stereocenters. The van der Waals surface area contributed by atoms with Gasteiger partial charge in [0.1, 0.15) is 11.8 Å². The van der Waals surface area contributed by atoms with Crippen molar-refractivity contribution in [2.45, 2.75) is 19.4 Å². The molecular weight excluding hydrogens is 332 g/mol. The number of rotatable bonds is 4. The average Bonchev–Trinajstić information content (AvgIpc) is 3.02. The number of benzene rings is 2. The standard InChI is InChI=1S/C19H18N4O3/c1-2-26-13-9-7-12(8-10-13)20-18(25)15-11-17(24)23-16-6-4-3-5-14(16)21-19(23)22-15/h3-10,15H,2,11H2,1H3,(H,20,25)(H,21,22)/t15-/m0/s1.